The monoisotopic (exact) mass is 384 g/mol. The normalized spacial score (nSPS) is 26.8. The maximum absolute atomic E-state index is 13.7. The van der Waals surface area contributed by atoms with Crippen molar-refractivity contribution in [3.8, 4) is 0 Å². The molecular weight excluding hydrogens is 364 g/mol. The van der Waals surface area contributed by atoms with Crippen LogP contribution in [0.15, 0.2) is 60.9 Å². The van der Waals surface area contributed by atoms with Gasteiger partial charge >= 0.3 is 0 Å². The second-order valence-electron chi connectivity index (χ2n) is 8.09. The van der Waals surface area contributed by atoms with Crippen LogP contribution in [0.5, 0.6) is 0 Å². The minimum absolute atomic E-state index is 0.0411. The van der Waals surface area contributed by atoms with E-state index in [9.17, 15) is 9.59 Å². The third-order valence-corrected chi connectivity index (χ3v) is 6.64. The summed E-state index contributed by atoms with van der Waals surface area (Å²) in [7, 11) is 0. The van der Waals surface area contributed by atoms with E-state index < -0.39 is 5.41 Å². The maximum atomic E-state index is 13.7. The highest BCUT2D eigenvalue weighted by molar-refractivity contribution is 6.12. The summed E-state index contributed by atoms with van der Waals surface area (Å²) in [5, 5.41) is 2.97. The first-order valence-electron chi connectivity index (χ1n) is 9.98. The van der Waals surface area contributed by atoms with Gasteiger partial charge in [0, 0.05) is 24.3 Å². The van der Waals surface area contributed by atoms with E-state index in [1.54, 1.807) is 6.33 Å². The Bertz CT molecular complexity index is 1140. The van der Waals surface area contributed by atoms with Crippen LogP contribution in [0.25, 0.3) is 0 Å². The summed E-state index contributed by atoms with van der Waals surface area (Å²) < 4.78 is 0. The van der Waals surface area contributed by atoms with Crippen LogP contribution < -0.4 is 5.32 Å². The Morgan fingerprint density at radius 1 is 1.10 bits per heavy atom. The Hall–Kier alpha value is -3.41. The molecule has 144 valence electrons. The van der Waals surface area contributed by atoms with Gasteiger partial charge in [-0.2, -0.15) is 0 Å². The average molecular weight is 384 g/mol. The van der Waals surface area contributed by atoms with Crippen LogP contribution in [0.1, 0.15) is 35.0 Å². The van der Waals surface area contributed by atoms with Gasteiger partial charge in [0.05, 0.1) is 23.4 Å². The lowest BCUT2D eigenvalue weighted by molar-refractivity contribution is -0.136. The van der Waals surface area contributed by atoms with Gasteiger partial charge in [-0.3, -0.25) is 9.59 Å². The third-order valence-electron chi connectivity index (χ3n) is 6.64. The summed E-state index contributed by atoms with van der Waals surface area (Å²) >= 11 is 0. The van der Waals surface area contributed by atoms with Crippen molar-refractivity contribution >= 4 is 17.5 Å². The number of fused-ring (bicyclic) bond motifs is 3. The molecule has 2 aromatic carbocycles. The van der Waals surface area contributed by atoms with Crippen molar-refractivity contribution < 1.29 is 9.59 Å². The number of rotatable bonds is 2. The van der Waals surface area contributed by atoms with Gasteiger partial charge in [-0.15, -0.1) is 0 Å². The lowest BCUT2D eigenvalue weighted by atomic mass is 9.92. The van der Waals surface area contributed by atoms with E-state index in [1.807, 2.05) is 59.5 Å². The number of aromatic nitrogens is 2. The van der Waals surface area contributed by atoms with E-state index in [4.69, 9.17) is 0 Å². The van der Waals surface area contributed by atoms with Crippen molar-refractivity contribution in [2.75, 3.05) is 11.9 Å². The van der Waals surface area contributed by atoms with Crippen molar-refractivity contribution in [2.45, 2.75) is 24.3 Å². The van der Waals surface area contributed by atoms with Crippen molar-refractivity contribution in [2.24, 2.45) is 5.92 Å². The van der Waals surface area contributed by atoms with Crippen molar-refractivity contribution in [3.05, 3.63) is 83.4 Å². The van der Waals surface area contributed by atoms with Crippen molar-refractivity contribution in [1.82, 2.24) is 14.9 Å². The molecule has 0 radical (unpaired) electrons. The molecule has 0 saturated heterocycles. The largest absolute Gasteiger partial charge is 0.348 e. The molecule has 3 unspecified atom stereocenters. The highest BCUT2D eigenvalue weighted by Gasteiger charge is 2.68. The molecule has 1 fully saturated rings. The molecule has 2 N–H and O–H groups in total. The Balaban J connectivity index is 1.38. The number of carbonyl (C=O) groups is 2. The van der Waals surface area contributed by atoms with Crippen LogP contribution in [0.2, 0.25) is 0 Å². The molecule has 1 aromatic heterocycles. The Labute approximate surface area is 168 Å². The van der Waals surface area contributed by atoms with E-state index >= 15 is 0 Å². The van der Waals surface area contributed by atoms with Gasteiger partial charge in [0.25, 0.3) is 0 Å². The molecule has 2 amide bonds. The number of carbonyl (C=O) groups excluding carboxylic acids is 2. The van der Waals surface area contributed by atoms with Gasteiger partial charge in [0.1, 0.15) is 6.04 Å². The standard InChI is InChI=1S/C23H20N4O2/c28-21(16-12-23(16)15-8-4-5-9-17(15)26-22(23)29)27-11-10-18-19(25-13-24-18)20(27)14-6-2-1-3-7-14/h1-9,13,16,20H,10-12H2,(H,24,25)(H,26,29). The third kappa shape index (κ3) is 2.20. The molecule has 3 atom stereocenters. The molecule has 2 aliphatic heterocycles. The number of para-hydroxylation sites is 1. The predicted molar refractivity (Wildman–Crippen MR) is 107 cm³/mol. The molecule has 0 bridgehead atoms. The fourth-order valence-electron chi connectivity index (χ4n) is 5.13. The van der Waals surface area contributed by atoms with E-state index in [0.29, 0.717) is 13.0 Å². The van der Waals surface area contributed by atoms with Crippen LogP contribution in [0.3, 0.4) is 0 Å². The van der Waals surface area contributed by atoms with E-state index in [2.05, 4.69) is 15.3 Å². The average Bonchev–Trinajstić information content (AvgIpc) is 3.21. The minimum Gasteiger partial charge on any atom is -0.348 e. The fourth-order valence-corrected chi connectivity index (χ4v) is 5.13. The van der Waals surface area contributed by atoms with Gasteiger partial charge in [-0.05, 0) is 23.6 Å². The summed E-state index contributed by atoms with van der Waals surface area (Å²) in [6, 6.07) is 17.5. The zero-order valence-electron chi connectivity index (χ0n) is 15.8. The summed E-state index contributed by atoms with van der Waals surface area (Å²) in [5.41, 5.74) is 4.11. The van der Waals surface area contributed by atoms with Crippen LogP contribution in [-0.4, -0.2) is 33.2 Å². The molecule has 1 saturated carbocycles. The number of anilines is 1. The molecule has 1 spiro atoms. The smallest absolute Gasteiger partial charge is 0.235 e. The lowest BCUT2D eigenvalue weighted by Gasteiger charge is -2.36. The molecule has 3 aromatic rings. The maximum Gasteiger partial charge on any atom is 0.235 e. The molecule has 6 heteroatoms. The Morgan fingerprint density at radius 2 is 1.90 bits per heavy atom. The number of hydrogen-bond donors (Lipinski definition) is 2. The number of amides is 2. The number of H-pyrrole nitrogens is 1. The zero-order valence-corrected chi connectivity index (χ0v) is 15.8. The molecular formula is C23H20N4O2. The Kier molecular flexibility index (Phi) is 3.30. The van der Waals surface area contributed by atoms with Crippen molar-refractivity contribution in [3.63, 3.8) is 0 Å². The summed E-state index contributed by atoms with van der Waals surface area (Å²) in [4.78, 5) is 36.2. The van der Waals surface area contributed by atoms with Crippen LogP contribution in [-0.2, 0) is 21.4 Å². The van der Waals surface area contributed by atoms with Gasteiger partial charge < -0.3 is 15.2 Å². The second-order valence-corrected chi connectivity index (χ2v) is 8.09. The number of nitrogens with one attached hydrogen (secondary N) is 2. The molecule has 3 aliphatic rings. The summed E-state index contributed by atoms with van der Waals surface area (Å²) in [6.07, 6.45) is 3.01. The Morgan fingerprint density at radius 3 is 2.76 bits per heavy atom. The van der Waals surface area contributed by atoms with Crippen LogP contribution >= 0.6 is 0 Å². The number of benzene rings is 2. The van der Waals surface area contributed by atoms with Crippen molar-refractivity contribution in [1.29, 1.82) is 0 Å². The lowest BCUT2D eigenvalue weighted by Crippen LogP contribution is -2.43. The quantitative estimate of drug-likeness (QED) is 0.713. The zero-order chi connectivity index (χ0) is 19.6. The number of imidazole rings is 1. The van der Waals surface area contributed by atoms with E-state index in [0.717, 1.165) is 34.6 Å². The van der Waals surface area contributed by atoms with Crippen LogP contribution in [0, 0.1) is 5.92 Å². The number of nitrogens with zero attached hydrogens (tertiary/aromatic N) is 2. The van der Waals surface area contributed by atoms with Gasteiger partial charge in [0.2, 0.25) is 11.8 Å². The first kappa shape index (κ1) is 16.5. The van der Waals surface area contributed by atoms with E-state index in [-0.39, 0.29) is 23.8 Å². The minimum atomic E-state index is -0.708. The predicted octanol–water partition coefficient (Wildman–Crippen LogP) is 2.79. The van der Waals surface area contributed by atoms with E-state index in [1.165, 1.54) is 0 Å². The molecule has 6 nitrogen and oxygen atoms in total. The number of hydrogen-bond acceptors (Lipinski definition) is 3. The highest BCUT2D eigenvalue weighted by atomic mass is 16.2. The molecule has 6 rings (SSSR count). The molecule has 29 heavy (non-hydrogen) atoms. The van der Waals surface area contributed by atoms with Crippen LogP contribution in [0.4, 0.5) is 5.69 Å². The fraction of sp³-hybridized carbons (Fsp3) is 0.261. The SMILES string of the molecule is O=C(C1CC12C(=O)Nc1ccccc12)N1CCc2[nH]cnc2C1c1ccccc1. The van der Waals surface area contributed by atoms with Gasteiger partial charge in [-0.1, -0.05) is 48.5 Å². The molecule has 3 heterocycles. The first-order valence-corrected chi connectivity index (χ1v) is 9.98. The first-order chi connectivity index (χ1) is 14.2. The summed E-state index contributed by atoms with van der Waals surface area (Å²) in [5.74, 6) is -0.331. The molecule has 1 aliphatic carbocycles. The second kappa shape index (κ2) is 5.80. The topological polar surface area (TPSA) is 78.1 Å². The highest BCUT2D eigenvalue weighted by Crippen LogP contribution is 2.61. The van der Waals surface area contributed by atoms with Gasteiger partial charge in [-0.25, -0.2) is 4.98 Å². The number of aromatic amines is 1. The van der Waals surface area contributed by atoms with Gasteiger partial charge in [0.15, 0.2) is 0 Å². The summed E-state index contributed by atoms with van der Waals surface area (Å²) in [6.45, 7) is 0.615.